The molecule has 5 heteroatoms. The molecule has 0 atom stereocenters. The van der Waals surface area contributed by atoms with Gasteiger partial charge in [-0.3, -0.25) is 0 Å². The van der Waals surface area contributed by atoms with Gasteiger partial charge in [0.15, 0.2) is 23.0 Å². The first-order valence-electron chi connectivity index (χ1n) is 8.41. The van der Waals surface area contributed by atoms with Gasteiger partial charge in [0.25, 0.3) is 0 Å². The summed E-state index contributed by atoms with van der Waals surface area (Å²) in [4.78, 5) is 2.42. The molecule has 5 rings (SSSR count). The first kappa shape index (κ1) is 14.5. The minimum atomic E-state index is 0.304. The average Bonchev–Trinajstić information content (AvgIpc) is 3.10. The zero-order valence-electron chi connectivity index (χ0n) is 14.3. The number of hydrogen-bond donors (Lipinski definition) is 0. The van der Waals surface area contributed by atoms with Gasteiger partial charge in [-0.15, -0.1) is 0 Å². The fourth-order valence-corrected chi connectivity index (χ4v) is 3.87. The Balaban J connectivity index is 1.65. The van der Waals surface area contributed by atoms with E-state index < -0.39 is 0 Å². The topological polar surface area (TPSA) is 40.2 Å². The number of ether oxygens (including phenoxy) is 4. The third-order valence-corrected chi connectivity index (χ3v) is 5.16. The van der Waals surface area contributed by atoms with Crippen molar-refractivity contribution in [2.45, 2.75) is 13.0 Å². The molecular formula is C20H19NO4. The van der Waals surface area contributed by atoms with Crippen molar-refractivity contribution in [1.82, 2.24) is 4.90 Å². The summed E-state index contributed by atoms with van der Waals surface area (Å²) in [6, 6.07) is 8.37. The molecule has 0 spiro atoms. The monoisotopic (exact) mass is 337 g/mol. The molecule has 0 fully saturated rings. The highest BCUT2D eigenvalue weighted by Crippen LogP contribution is 2.43. The molecular weight excluding hydrogens is 318 g/mol. The number of benzene rings is 2. The summed E-state index contributed by atoms with van der Waals surface area (Å²) in [5, 5.41) is 0. The lowest BCUT2D eigenvalue weighted by atomic mass is 9.90. The molecule has 0 saturated carbocycles. The van der Waals surface area contributed by atoms with Crippen molar-refractivity contribution in [3.8, 4) is 23.0 Å². The van der Waals surface area contributed by atoms with Crippen LogP contribution in [-0.2, 0) is 13.0 Å². The predicted octanol–water partition coefficient (Wildman–Crippen LogP) is 3.30. The summed E-state index contributed by atoms with van der Waals surface area (Å²) in [7, 11) is 3.36. The van der Waals surface area contributed by atoms with Crippen molar-refractivity contribution in [3.63, 3.8) is 0 Å². The third kappa shape index (κ3) is 2.15. The van der Waals surface area contributed by atoms with Gasteiger partial charge in [0.1, 0.15) is 0 Å². The number of rotatable bonds is 2. The molecule has 128 valence electrons. The molecule has 0 unspecified atom stereocenters. The van der Waals surface area contributed by atoms with Gasteiger partial charge in [0.2, 0.25) is 6.79 Å². The maximum atomic E-state index is 5.54. The molecule has 0 aliphatic carbocycles. The molecule has 0 amide bonds. The van der Waals surface area contributed by atoms with Crippen molar-refractivity contribution in [2.75, 3.05) is 27.6 Å². The Bertz CT molecular complexity index is 903. The summed E-state index contributed by atoms with van der Waals surface area (Å²) in [6.07, 6.45) is 3.23. The zero-order valence-corrected chi connectivity index (χ0v) is 14.3. The van der Waals surface area contributed by atoms with Crippen LogP contribution < -0.4 is 18.9 Å². The van der Waals surface area contributed by atoms with Crippen molar-refractivity contribution < 1.29 is 18.9 Å². The second kappa shape index (κ2) is 5.34. The number of methoxy groups -OCH3 is 2. The van der Waals surface area contributed by atoms with Gasteiger partial charge in [0, 0.05) is 24.4 Å². The van der Waals surface area contributed by atoms with E-state index in [1.165, 1.54) is 28.0 Å². The summed E-state index contributed by atoms with van der Waals surface area (Å²) in [5.41, 5.74) is 6.21. The molecule has 0 bridgehead atoms. The number of nitrogens with zero attached hydrogens (tertiary/aromatic N) is 1. The van der Waals surface area contributed by atoms with E-state index in [2.05, 4.69) is 35.2 Å². The van der Waals surface area contributed by atoms with E-state index in [-0.39, 0.29) is 0 Å². The Morgan fingerprint density at radius 2 is 1.68 bits per heavy atom. The molecule has 0 aromatic heterocycles. The van der Waals surface area contributed by atoms with E-state index in [1.807, 2.05) is 0 Å². The summed E-state index contributed by atoms with van der Waals surface area (Å²) in [5.74, 6) is 3.22. The molecule has 2 aromatic rings. The van der Waals surface area contributed by atoms with Gasteiger partial charge < -0.3 is 23.8 Å². The predicted molar refractivity (Wildman–Crippen MR) is 94.1 cm³/mol. The number of fused-ring (bicyclic) bond motifs is 5. The van der Waals surface area contributed by atoms with Crippen LogP contribution in [0.15, 0.2) is 24.3 Å². The van der Waals surface area contributed by atoms with Crippen LogP contribution in [0.2, 0.25) is 0 Å². The SMILES string of the molecule is COc1cc2c(cc1OC)C1=Cc3cc4c(cc3CN1CC2)OCO4. The highest BCUT2D eigenvalue weighted by atomic mass is 16.7. The van der Waals surface area contributed by atoms with Crippen molar-refractivity contribution >= 4 is 11.8 Å². The van der Waals surface area contributed by atoms with Crippen LogP contribution in [0.25, 0.3) is 11.8 Å². The summed E-state index contributed by atoms with van der Waals surface area (Å²) in [6.45, 7) is 2.17. The van der Waals surface area contributed by atoms with Crippen molar-refractivity contribution in [2.24, 2.45) is 0 Å². The van der Waals surface area contributed by atoms with Crippen molar-refractivity contribution in [3.05, 3.63) is 46.5 Å². The molecule has 0 saturated heterocycles. The Morgan fingerprint density at radius 1 is 0.920 bits per heavy atom. The minimum absolute atomic E-state index is 0.304. The Morgan fingerprint density at radius 3 is 2.48 bits per heavy atom. The zero-order chi connectivity index (χ0) is 17.0. The standard InChI is InChI=1S/C20H19NO4/c1-22-17-6-12-3-4-21-10-14-8-20-19(24-11-25-20)7-13(14)5-16(21)15(12)9-18(17)23-2/h5-9H,3-4,10-11H2,1-2H3. The van der Waals surface area contributed by atoms with E-state index in [9.17, 15) is 0 Å². The molecule has 3 heterocycles. The molecule has 25 heavy (non-hydrogen) atoms. The quantitative estimate of drug-likeness (QED) is 0.841. The lowest BCUT2D eigenvalue weighted by Crippen LogP contribution is -2.31. The highest BCUT2D eigenvalue weighted by molar-refractivity contribution is 5.86. The van der Waals surface area contributed by atoms with Crippen LogP contribution in [0.1, 0.15) is 22.3 Å². The fraction of sp³-hybridized carbons (Fsp3) is 0.300. The molecule has 2 aromatic carbocycles. The molecule has 0 radical (unpaired) electrons. The third-order valence-electron chi connectivity index (χ3n) is 5.16. The van der Waals surface area contributed by atoms with Gasteiger partial charge in [-0.1, -0.05) is 0 Å². The van der Waals surface area contributed by atoms with E-state index in [1.54, 1.807) is 14.2 Å². The minimum Gasteiger partial charge on any atom is -0.493 e. The van der Waals surface area contributed by atoms with Crippen LogP contribution >= 0.6 is 0 Å². The first-order valence-corrected chi connectivity index (χ1v) is 8.41. The van der Waals surface area contributed by atoms with Crippen LogP contribution in [0.3, 0.4) is 0 Å². The van der Waals surface area contributed by atoms with E-state index in [4.69, 9.17) is 18.9 Å². The van der Waals surface area contributed by atoms with Crippen molar-refractivity contribution in [1.29, 1.82) is 0 Å². The lowest BCUT2D eigenvalue weighted by molar-refractivity contribution is 0.174. The van der Waals surface area contributed by atoms with E-state index in [0.29, 0.717) is 6.79 Å². The Kier molecular flexibility index (Phi) is 3.10. The van der Waals surface area contributed by atoms with Crippen LogP contribution in [0, 0.1) is 0 Å². The largest absolute Gasteiger partial charge is 0.493 e. The highest BCUT2D eigenvalue weighted by Gasteiger charge is 2.28. The molecule has 5 nitrogen and oxygen atoms in total. The first-order chi connectivity index (χ1) is 12.3. The fourth-order valence-electron chi connectivity index (χ4n) is 3.87. The Labute approximate surface area is 146 Å². The van der Waals surface area contributed by atoms with Gasteiger partial charge in [-0.05, 0) is 53.5 Å². The maximum Gasteiger partial charge on any atom is 0.231 e. The average molecular weight is 337 g/mol. The van der Waals surface area contributed by atoms with Gasteiger partial charge >= 0.3 is 0 Å². The lowest BCUT2D eigenvalue weighted by Gasteiger charge is -2.37. The van der Waals surface area contributed by atoms with Crippen LogP contribution in [0.5, 0.6) is 23.0 Å². The summed E-state index contributed by atoms with van der Waals surface area (Å²) < 4.78 is 22.0. The summed E-state index contributed by atoms with van der Waals surface area (Å²) >= 11 is 0. The van der Waals surface area contributed by atoms with Gasteiger partial charge in [-0.2, -0.15) is 0 Å². The Hall–Kier alpha value is -2.82. The van der Waals surface area contributed by atoms with E-state index >= 15 is 0 Å². The van der Waals surface area contributed by atoms with Gasteiger partial charge in [-0.25, -0.2) is 0 Å². The van der Waals surface area contributed by atoms with E-state index in [0.717, 1.165) is 42.5 Å². The smallest absolute Gasteiger partial charge is 0.231 e. The van der Waals surface area contributed by atoms with Gasteiger partial charge in [0.05, 0.1) is 14.2 Å². The molecule has 3 aliphatic rings. The molecule has 0 N–H and O–H groups in total. The van der Waals surface area contributed by atoms with Crippen LogP contribution in [-0.4, -0.2) is 32.5 Å². The number of hydrogen-bond acceptors (Lipinski definition) is 5. The second-order valence-corrected chi connectivity index (χ2v) is 6.47. The molecule has 3 aliphatic heterocycles. The maximum absolute atomic E-state index is 5.54. The van der Waals surface area contributed by atoms with Crippen LogP contribution in [0.4, 0.5) is 0 Å². The second-order valence-electron chi connectivity index (χ2n) is 6.47. The normalized spacial score (nSPS) is 16.6.